The smallest absolute Gasteiger partial charge is 0.191 e. The molecule has 2 rings (SSSR count). The Hall–Kier alpha value is -2.08. The Morgan fingerprint density at radius 1 is 1.57 bits per heavy atom. The third-order valence-electron chi connectivity index (χ3n) is 3.55. The van der Waals surface area contributed by atoms with Gasteiger partial charge in [-0.15, -0.1) is 6.58 Å². The van der Waals surface area contributed by atoms with Crippen LogP contribution >= 0.6 is 0 Å². The number of guanidine groups is 1. The summed E-state index contributed by atoms with van der Waals surface area (Å²) in [5.74, 6) is 1.79. The molecular formula is C17H27N5O. The number of rotatable bonds is 6. The molecule has 23 heavy (non-hydrogen) atoms. The molecular weight excluding hydrogens is 290 g/mol. The van der Waals surface area contributed by atoms with E-state index in [1.54, 1.807) is 0 Å². The largest absolute Gasteiger partial charge is 0.375 e. The molecule has 0 bridgehead atoms. The van der Waals surface area contributed by atoms with Crippen molar-refractivity contribution in [2.45, 2.75) is 26.5 Å². The van der Waals surface area contributed by atoms with E-state index in [0.717, 1.165) is 43.6 Å². The van der Waals surface area contributed by atoms with Crippen molar-refractivity contribution < 1.29 is 4.74 Å². The van der Waals surface area contributed by atoms with E-state index in [9.17, 15) is 0 Å². The maximum Gasteiger partial charge on any atom is 0.191 e. The number of aromatic nitrogens is 1. The molecule has 1 aromatic heterocycles. The number of nitrogens with one attached hydrogen (secondary N) is 2. The monoisotopic (exact) mass is 317 g/mol. The van der Waals surface area contributed by atoms with Crippen LogP contribution in [0.5, 0.6) is 0 Å². The molecule has 0 radical (unpaired) electrons. The van der Waals surface area contributed by atoms with Crippen molar-refractivity contribution >= 4 is 11.8 Å². The Kier molecular flexibility index (Phi) is 6.87. The van der Waals surface area contributed by atoms with E-state index in [1.807, 2.05) is 18.3 Å². The van der Waals surface area contributed by atoms with E-state index in [2.05, 4.69) is 52.0 Å². The number of anilines is 1. The maximum atomic E-state index is 5.59. The molecule has 1 unspecified atom stereocenters. The summed E-state index contributed by atoms with van der Waals surface area (Å²) >= 11 is 0. The second-order valence-electron chi connectivity index (χ2n) is 5.51. The van der Waals surface area contributed by atoms with E-state index in [4.69, 9.17) is 4.74 Å². The minimum absolute atomic E-state index is 0.246. The lowest BCUT2D eigenvalue weighted by Gasteiger charge is -2.32. The summed E-state index contributed by atoms with van der Waals surface area (Å²) in [7, 11) is 0. The van der Waals surface area contributed by atoms with E-state index in [-0.39, 0.29) is 6.10 Å². The summed E-state index contributed by atoms with van der Waals surface area (Å²) in [4.78, 5) is 11.4. The number of hydrogen-bond donors (Lipinski definition) is 2. The highest BCUT2D eigenvalue weighted by atomic mass is 16.5. The first kappa shape index (κ1) is 17.3. The lowest BCUT2D eigenvalue weighted by molar-refractivity contribution is 0.0529. The first-order chi connectivity index (χ1) is 11.2. The quantitative estimate of drug-likeness (QED) is 0.473. The van der Waals surface area contributed by atoms with Crippen LogP contribution in [0.15, 0.2) is 36.0 Å². The van der Waals surface area contributed by atoms with Gasteiger partial charge in [-0.25, -0.2) is 9.98 Å². The summed E-state index contributed by atoms with van der Waals surface area (Å²) in [5.41, 5.74) is 1.14. The first-order valence-corrected chi connectivity index (χ1v) is 8.17. The van der Waals surface area contributed by atoms with Crippen LogP contribution in [-0.2, 0) is 11.3 Å². The Bertz CT molecular complexity index is 531. The zero-order chi connectivity index (χ0) is 16.5. The van der Waals surface area contributed by atoms with Gasteiger partial charge in [0.2, 0.25) is 0 Å². The van der Waals surface area contributed by atoms with Gasteiger partial charge >= 0.3 is 0 Å². The van der Waals surface area contributed by atoms with Crippen LogP contribution in [0.2, 0.25) is 0 Å². The topological polar surface area (TPSA) is 61.8 Å². The second-order valence-corrected chi connectivity index (χ2v) is 5.51. The van der Waals surface area contributed by atoms with Crippen LogP contribution in [0.25, 0.3) is 0 Å². The molecule has 126 valence electrons. The van der Waals surface area contributed by atoms with Crippen molar-refractivity contribution in [3.8, 4) is 0 Å². The van der Waals surface area contributed by atoms with Crippen LogP contribution in [0, 0.1) is 0 Å². The molecule has 1 aromatic rings. The number of pyridine rings is 1. The first-order valence-electron chi connectivity index (χ1n) is 8.17. The summed E-state index contributed by atoms with van der Waals surface area (Å²) in [6.07, 6.45) is 3.91. The van der Waals surface area contributed by atoms with Crippen molar-refractivity contribution in [1.82, 2.24) is 15.6 Å². The third-order valence-corrected chi connectivity index (χ3v) is 3.55. The summed E-state index contributed by atoms with van der Waals surface area (Å²) in [6.45, 7) is 12.5. The Morgan fingerprint density at radius 2 is 2.43 bits per heavy atom. The molecule has 0 spiro atoms. The van der Waals surface area contributed by atoms with Crippen molar-refractivity contribution in [2.75, 3.05) is 37.7 Å². The van der Waals surface area contributed by atoms with Gasteiger partial charge in [0, 0.05) is 32.4 Å². The summed E-state index contributed by atoms with van der Waals surface area (Å²) < 4.78 is 5.59. The molecule has 1 saturated heterocycles. The highest BCUT2D eigenvalue weighted by Gasteiger charge is 2.17. The molecule has 2 heterocycles. The van der Waals surface area contributed by atoms with Crippen molar-refractivity contribution in [1.29, 1.82) is 0 Å². The SMILES string of the molecule is C=CCNC(=NCc1ccnc(N2CCOC(C)C2)c1)NCC. The predicted octanol–water partition coefficient (Wildman–Crippen LogP) is 1.55. The van der Waals surface area contributed by atoms with Crippen molar-refractivity contribution in [2.24, 2.45) is 4.99 Å². The van der Waals surface area contributed by atoms with Crippen LogP contribution in [0.1, 0.15) is 19.4 Å². The minimum atomic E-state index is 0.246. The summed E-state index contributed by atoms with van der Waals surface area (Å²) in [5, 5.41) is 6.42. The van der Waals surface area contributed by atoms with Gasteiger partial charge in [-0.05, 0) is 31.5 Å². The molecule has 0 saturated carbocycles. The fourth-order valence-corrected chi connectivity index (χ4v) is 2.44. The molecule has 1 atom stereocenters. The van der Waals surface area contributed by atoms with Gasteiger partial charge in [-0.1, -0.05) is 6.08 Å². The number of morpholine rings is 1. The minimum Gasteiger partial charge on any atom is -0.375 e. The van der Waals surface area contributed by atoms with Gasteiger partial charge in [-0.3, -0.25) is 0 Å². The molecule has 0 aromatic carbocycles. The second kappa shape index (κ2) is 9.15. The van der Waals surface area contributed by atoms with Crippen LogP contribution in [0.3, 0.4) is 0 Å². The highest BCUT2D eigenvalue weighted by Crippen LogP contribution is 2.16. The molecule has 6 heteroatoms. The van der Waals surface area contributed by atoms with Crippen LogP contribution in [-0.4, -0.2) is 49.8 Å². The number of hydrogen-bond acceptors (Lipinski definition) is 4. The average molecular weight is 317 g/mol. The number of ether oxygens (including phenoxy) is 1. The molecule has 1 aliphatic rings. The van der Waals surface area contributed by atoms with E-state index in [0.29, 0.717) is 13.1 Å². The van der Waals surface area contributed by atoms with Gasteiger partial charge < -0.3 is 20.3 Å². The Balaban J connectivity index is 2.02. The van der Waals surface area contributed by atoms with Gasteiger partial charge in [-0.2, -0.15) is 0 Å². The van der Waals surface area contributed by atoms with Gasteiger partial charge in [0.05, 0.1) is 19.3 Å². The zero-order valence-electron chi connectivity index (χ0n) is 14.1. The molecule has 1 aliphatic heterocycles. The summed E-state index contributed by atoms with van der Waals surface area (Å²) in [6, 6.07) is 4.12. The van der Waals surface area contributed by atoms with Crippen molar-refractivity contribution in [3.05, 3.63) is 36.5 Å². The fourth-order valence-electron chi connectivity index (χ4n) is 2.44. The zero-order valence-corrected chi connectivity index (χ0v) is 14.1. The number of nitrogens with zero attached hydrogens (tertiary/aromatic N) is 3. The Labute approximate surface area is 138 Å². The lowest BCUT2D eigenvalue weighted by atomic mass is 10.2. The fraction of sp³-hybridized carbons (Fsp3) is 0.529. The normalized spacial score (nSPS) is 18.6. The third kappa shape index (κ3) is 5.56. The standard InChI is InChI=1S/C17H27N5O/c1-4-7-20-17(18-5-2)21-12-15-6-8-19-16(11-15)22-9-10-23-14(3)13-22/h4,6,8,11,14H,1,5,7,9-10,12-13H2,2-3H3,(H2,18,20,21). The molecule has 0 aliphatic carbocycles. The average Bonchev–Trinajstić information content (AvgIpc) is 2.57. The highest BCUT2D eigenvalue weighted by molar-refractivity contribution is 5.79. The number of aliphatic imine (C=N–C) groups is 1. The van der Waals surface area contributed by atoms with E-state index in [1.165, 1.54) is 0 Å². The van der Waals surface area contributed by atoms with E-state index < -0.39 is 0 Å². The van der Waals surface area contributed by atoms with Crippen molar-refractivity contribution in [3.63, 3.8) is 0 Å². The molecule has 2 N–H and O–H groups in total. The lowest BCUT2D eigenvalue weighted by Crippen LogP contribution is -2.41. The molecule has 1 fully saturated rings. The van der Waals surface area contributed by atoms with Gasteiger partial charge in [0.1, 0.15) is 5.82 Å². The molecule has 0 amide bonds. The predicted molar refractivity (Wildman–Crippen MR) is 94.9 cm³/mol. The Morgan fingerprint density at radius 3 is 3.17 bits per heavy atom. The van der Waals surface area contributed by atoms with Gasteiger partial charge in [0.15, 0.2) is 5.96 Å². The van der Waals surface area contributed by atoms with Crippen LogP contribution in [0.4, 0.5) is 5.82 Å². The maximum absolute atomic E-state index is 5.59. The molecule has 6 nitrogen and oxygen atoms in total. The van der Waals surface area contributed by atoms with Crippen LogP contribution < -0.4 is 15.5 Å². The van der Waals surface area contributed by atoms with Gasteiger partial charge in [0.25, 0.3) is 0 Å². The van der Waals surface area contributed by atoms with E-state index >= 15 is 0 Å².